The van der Waals surface area contributed by atoms with E-state index in [1.54, 1.807) is 4.90 Å². The number of carbonyl (C=O) groups is 2. The highest BCUT2D eigenvalue weighted by atomic mass is 35.5. The summed E-state index contributed by atoms with van der Waals surface area (Å²) in [5.74, 6) is -0.445. The first-order valence-electron chi connectivity index (χ1n) is 10.2. The van der Waals surface area contributed by atoms with Gasteiger partial charge in [0.2, 0.25) is 21.8 Å². The molecule has 8 nitrogen and oxygen atoms in total. The van der Waals surface area contributed by atoms with E-state index in [9.17, 15) is 18.0 Å². The normalized spacial score (nSPS) is 19.0. The molecule has 0 aromatic heterocycles. The van der Waals surface area contributed by atoms with Crippen LogP contribution in [-0.4, -0.2) is 74.8 Å². The number of hydrogen-bond acceptors (Lipinski definition) is 5. The van der Waals surface area contributed by atoms with Crippen LogP contribution < -0.4 is 10.0 Å². The Kier molecular flexibility index (Phi) is 7.38. The molecule has 0 unspecified atom stereocenters. The van der Waals surface area contributed by atoms with Crippen molar-refractivity contribution in [3.05, 3.63) is 29.3 Å². The quantitative estimate of drug-likeness (QED) is 0.609. The van der Waals surface area contributed by atoms with Gasteiger partial charge in [-0.15, -0.1) is 0 Å². The zero-order valence-corrected chi connectivity index (χ0v) is 18.9. The van der Waals surface area contributed by atoms with Gasteiger partial charge < -0.3 is 10.2 Å². The highest BCUT2D eigenvalue weighted by molar-refractivity contribution is 7.89. The summed E-state index contributed by atoms with van der Waals surface area (Å²) in [7, 11) is -3.86. The number of nitrogens with zero attached hydrogens (tertiary/aromatic N) is 2. The molecule has 1 aromatic carbocycles. The van der Waals surface area contributed by atoms with E-state index >= 15 is 0 Å². The molecule has 1 aliphatic carbocycles. The van der Waals surface area contributed by atoms with Crippen LogP contribution in [0.25, 0.3) is 0 Å². The Bertz CT molecular complexity index is 863. The Morgan fingerprint density at radius 2 is 1.70 bits per heavy atom. The third kappa shape index (κ3) is 6.16. The number of hydrogen-bond donors (Lipinski definition) is 2. The Balaban J connectivity index is 1.57. The zero-order chi connectivity index (χ0) is 21.9. The van der Waals surface area contributed by atoms with Crippen LogP contribution in [0.1, 0.15) is 26.7 Å². The molecule has 2 aliphatic rings. The molecule has 166 valence electrons. The summed E-state index contributed by atoms with van der Waals surface area (Å²) < 4.78 is 28.0. The monoisotopic (exact) mass is 456 g/mol. The zero-order valence-electron chi connectivity index (χ0n) is 17.3. The summed E-state index contributed by atoms with van der Waals surface area (Å²) in [4.78, 5) is 28.8. The van der Waals surface area contributed by atoms with Crippen molar-refractivity contribution in [2.45, 2.75) is 43.7 Å². The molecule has 10 heteroatoms. The fourth-order valence-electron chi connectivity index (χ4n) is 3.35. The van der Waals surface area contributed by atoms with E-state index in [0.717, 1.165) is 12.8 Å². The molecule has 3 rings (SSSR count). The van der Waals surface area contributed by atoms with Crippen LogP contribution in [0.2, 0.25) is 5.02 Å². The molecular weight excluding hydrogens is 428 g/mol. The smallest absolute Gasteiger partial charge is 0.241 e. The van der Waals surface area contributed by atoms with Crippen LogP contribution in [0.5, 0.6) is 0 Å². The molecule has 0 spiro atoms. The highest BCUT2D eigenvalue weighted by Gasteiger charge is 2.33. The minimum Gasteiger partial charge on any atom is -0.352 e. The summed E-state index contributed by atoms with van der Waals surface area (Å²) in [6.45, 7) is 6.03. The number of rotatable bonds is 8. The van der Waals surface area contributed by atoms with Crippen molar-refractivity contribution >= 4 is 33.4 Å². The maximum atomic E-state index is 13.1. The van der Waals surface area contributed by atoms with E-state index in [-0.39, 0.29) is 22.6 Å². The lowest BCUT2D eigenvalue weighted by atomic mass is 10.0. The predicted molar refractivity (Wildman–Crippen MR) is 115 cm³/mol. The van der Waals surface area contributed by atoms with E-state index in [1.165, 1.54) is 24.3 Å². The summed E-state index contributed by atoms with van der Waals surface area (Å²) in [5.41, 5.74) is 0. The largest absolute Gasteiger partial charge is 0.352 e. The van der Waals surface area contributed by atoms with Gasteiger partial charge in [0, 0.05) is 37.2 Å². The fourth-order valence-corrected chi connectivity index (χ4v) is 4.81. The first-order chi connectivity index (χ1) is 14.2. The molecule has 0 bridgehead atoms. The molecule has 0 radical (unpaired) electrons. The number of amides is 2. The van der Waals surface area contributed by atoms with Gasteiger partial charge in [-0.25, -0.2) is 8.42 Å². The molecular formula is C20H29ClN4O4S. The average molecular weight is 457 g/mol. The first-order valence-corrected chi connectivity index (χ1v) is 12.1. The highest BCUT2D eigenvalue weighted by Crippen LogP contribution is 2.19. The first kappa shape index (κ1) is 23.0. The second-order valence-electron chi connectivity index (χ2n) is 8.24. The topological polar surface area (TPSA) is 98.8 Å². The molecule has 1 saturated carbocycles. The molecule has 2 fully saturated rings. The SMILES string of the molecule is CC(C)[C@H](NS(=O)(=O)c1ccc(Cl)cc1)C(=O)N1CCN(CC(=O)NC2CC2)CC1. The van der Waals surface area contributed by atoms with Crippen molar-refractivity contribution in [1.82, 2.24) is 19.8 Å². The summed E-state index contributed by atoms with van der Waals surface area (Å²) in [6, 6.07) is 5.30. The van der Waals surface area contributed by atoms with Crippen LogP contribution in [-0.2, 0) is 19.6 Å². The number of carbonyl (C=O) groups excluding carboxylic acids is 2. The summed E-state index contributed by atoms with van der Waals surface area (Å²) in [5, 5.41) is 3.41. The molecule has 1 saturated heterocycles. The molecule has 2 amide bonds. The lowest BCUT2D eigenvalue weighted by Crippen LogP contribution is -2.57. The van der Waals surface area contributed by atoms with Crippen LogP contribution in [0.3, 0.4) is 0 Å². The van der Waals surface area contributed by atoms with E-state index in [1.807, 2.05) is 18.7 Å². The van der Waals surface area contributed by atoms with Gasteiger partial charge in [-0.3, -0.25) is 14.5 Å². The van der Waals surface area contributed by atoms with Crippen molar-refractivity contribution in [3.8, 4) is 0 Å². The maximum absolute atomic E-state index is 13.1. The second-order valence-corrected chi connectivity index (χ2v) is 10.4. The van der Waals surface area contributed by atoms with Crippen LogP contribution in [0.4, 0.5) is 0 Å². The molecule has 1 heterocycles. The molecule has 30 heavy (non-hydrogen) atoms. The van der Waals surface area contributed by atoms with Crippen LogP contribution in [0, 0.1) is 5.92 Å². The van der Waals surface area contributed by atoms with Crippen molar-refractivity contribution in [3.63, 3.8) is 0 Å². The van der Waals surface area contributed by atoms with Crippen molar-refractivity contribution < 1.29 is 18.0 Å². The molecule has 1 aliphatic heterocycles. The van der Waals surface area contributed by atoms with Gasteiger partial charge in [0.15, 0.2) is 0 Å². The Morgan fingerprint density at radius 3 is 2.23 bits per heavy atom. The summed E-state index contributed by atoms with van der Waals surface area (Å²) >= 11 is 5.84. The maximum Gasteiger partial charge on any atom is 0.241 e. The third-order valence-corrected chi connectivity index (χ3v) is 7.04. The Labute approximate surface area is 183 Å². The number of sulfonamides is 1. The van der Waals surface area contributed by atoms with Crippen LogP contribution in [0.15, 0.2) is 29.2 Å². The molecule has 1 aromatic rings. The van der Waals surface area contributed by atoms with Gasteiger partial charge in [-0.2, -0.15) is 4.72 Å². The third-order valence-electron chi connectivity index (χ3n) is 5.33. The van der Waals surface area contributed by atoms with E-state index < -0.39 is 16.1 Å². The number of benzene rings is 1. The second kappa shape index (κ2) is 9.64. The van der Waals surface area contributed by atoms with Gasteiger partial charge in [-0.1, -0.05) is 25.4 Å². The van der Waals surface area contributed by atoms with Gasteiger partial charge >= 0.3 is 0 Å². The van der Waals surface area contributed by atoms with Crippen molar-refractivity contribution in [1.29, 1.82) is 0 Å². The van der Waals surface area contributed by atoms with Gasteiger partial charge in [0.25, 0.3) is 0 Å². The molecule has 2 N–H and O–H groups in total. The number of halogens is 1. The fraction of sp³-hybridized carbons (Fsp3) is 0.600. The Hall–Kier alpha value is -1.68. The van der Waals surface area contributed by atoms with Gasteiger partial charge in [0.1, 0.15) is 6.04 Å². The Morgan fingerprint density at radius 1 is 1.10 bits per heavy atom. The lowest BCUT2D eigenvalue weighted by molar-refractivity contribution is -0.136. The van der Waals surface area contributed by atoms with Gasteiger partial charge in [-0.05, 0) is 43.0 Å². The average Bonchev–Trinajstić information content (AvgIpc) is 3.50. The minimum absolute atomic E-state index is 0.0214. The molecule has 1 atom stereocenters. The van der Waals surface area contributed by atoms with E-state index in [4.69, 9.17) is 11.6 Å². The number of nitrogens with one attached hydrogen (secondary N) is 2. The van der Waals surface area contributed by atoms with Crippen molar-refractivity contribution in [2.75, 3.05) is 32.7 Å². The summed E-state index contributed by atoms with van der Waals surface area (Å²) in [6.07, 6.45) is 2.10. The van der Waals surface area contributed by atoms with E-state index in [0.29, 0.717) is 43.8 Å². The van der Waals surface area contributed by atoms with Crippen LogP contribution >= 0.6 is 11.6 Å². The minimum atomic E-state index is -3.86. The predicted octanol–water partition coefficient (Wildman–Crippen LogP) is 1.07. The lowest BCUT2D eigenvalue weighted by Gasteiger charge is -2.37. The standard InChI is InChI=1S/C20H29ClN4O4S/c1-14(2)19(23-30(28,29)17-7-3-15(21)4-8-17)20(27)25-11-9-24(10-12-25)13-18(26)22-16-5-6-16/h3-4,7-8,14,16,19,23H,5-6,9-13H2,1-2H3,(H,22,26)/t19-/m0/s1. The van der Waals surface area contributed by atoms with Gasteiger partial charge in [0.05, 0.1) is 11.4 Å². The van der Waals surface area contributed by atoms with E-state index in [2.05, 4.69) is 10.0 Å². The van der Waals surface area contributed by atoms with Crippen molar-refractivity contribution in [2.24, 2.45) is 5.92 Å². The number of piperazine rings is 1.